The number of ether oxygens (including phenoxy) is 1. The van der Waals surface area contributed by atoms with Gasteiger partial charge in [0.1, 0.15) is 11.9 Å². The number of H-pyrrole nitrogens is 1. The Morgan fingerprint density at radius 1 is 1.15 bits per heavy atom. The molecule has 0 aliphatic carbocycles. The van der Waals surface area contributed by atoms with Crippen LogP contribution in [0.25, 0.3) is 0 Å². The summed E-state index contributed by atoms with van der Waals surface area (Å²) in [5.41, 5.74) is 0.691. The second kappa shape index (κ2) is 11.9. The third-order valence-corrected chi connectivity index (χ3v) is 7.15. The van der Waals surface area contributed by atoms with Crippen LogP contribution in [0.5, 0.6) is 0 Å². The Kier molecular flexibility index (Phi) is 8.16. The number of fused-ring (bicyclic) bond motifs is 1. The average Bonchev–Trinajstić information content (AvgIpc) is 3.34. The van der Waals surface area contributed by atoms with Crippen molar-refractivity contribution in [2.75, 3.05) is 49.2 Å². The van der Waals surface area contributed by atoms with E-state index in [1.54, 1.807) is 34.2 Å². The van der Waals surface area contributed by atoms with Crippen molar-refractivity contribution in [2.24, 2.45) is 0 Å². The minimum atomic E-state index is -4.58. The second-order valence-electron chi connectivity index (χ2n) is 9.76. The zero-order chi connectivity index (χ0) is 29.0. The van der Waals surface area contributed by atoms with E-state index in [0.29, 0.717) is 37.4 Å². The highest BCUT2D eigenvalue weighted by atomic mass is 19.4. The van der Waals surface area contributed by atoms with Gasteiger partial charge in [-0.05, 0) is 23.8 Å². The van der Waals surface area contributed by atoms with Gasteiger partial charge in [-0.3, -0.25) is 14.6 Å². The van der Waals surface area contributed by atoms with Gasteiger partial charge in [-0.2, -0.15) is 23.5 Å². The van der Waals surface area contributed by atoms with Crippen molar-refractivity contribution < 1.29 is 22.7 Å². The van der Waals surface area contributed by atoms with Crippen LogP contribution >= 0.6 is 0 Å². The molecule has 14 heteroatoms. The molecule has 41 heavy (non-hydrogen) atoms. The first-order valence-corrected chi connectivity index (χ1v) is 13.0. The lowest BCUT2D eigenvalue weighted by molar-refractivity contribution is -0.132. The van der Waals surface area contributed by atoms with E-state index in [4.69, 9.17) is 10.00 Å². The molecular formula is C27H27F3N8O3. The number of aromatic amines is 1. The van der Waals surface area contributed by atoms with Crippen LogP contribution in [0.2, 0.25) is 0 Å². The Balaban J connectivity index is 1.18. The number of nitrogens with zero attached hydrogens (tertiary/aromatic N) is 7. The van der Waals surface area contributed by atoms with Gasteiger partial charge in [-0.15, -0.1) is 0 Å². The minimum Gasteiger partial charge on any atom is -0.378 e. The largest absolute Gasteiger partial charge is 0.393 e. The van der Waals surface area contributed by atoms with Crippen LogP contribution < -0.4 is 15.4 Å². The number of hydrogen-bond acceptors (Lipinski definition) is 9. The van der Waals surface area contributed by atoms with Gasteiger partial charge in [-0.25, -0.2) is 10.1 Å². The molecule has 5 rings (SSSR count). The fraction of sp³-hybridized carbons (Fsp3) is 0.407. The molecule has 3 aromatic heterocycles. The number of alkyl halides is 3. The summed E-state index contributed by atoms with van der Waals surface area (Å²) in [5.74, 6) is 0.689. The fourth-order valence-corrected chi connectivity index (χ4v) is 5.12. The van der Waals surface area contributed by atoms with Crippen LogP contribution in [0.3, 0.4) is 0 Å². The Morgan fingerprint density at radius 3 is 2.66 bits per heavy atom. The number of carbonyl (C=O) groups is 1. The second-order valence-corrected chi connectivity index (χ2v) is 9.76. The predicted octanol–water partition coefficient (Wildman–Crippen LogP) is 2.35. The topological polar surface area (TPSA) is 131 Å². The SMILES string of the molecule is N#Cc1ccc(N2CCN(C(=O)CCOC[C@H]3c4ncccc4CN3c3cn[nH]c(=O)c3CC(F)(F)F)CC2)nc1. The molecule has 1 amide bonds. The highest BCUT2D eigenvalue weighted by molar-refractivity contribution is 5.76. The maximum Gasteiger partial charge on any atom is 0.393 e. The van der Waals surface area contributed by atoms with Gasteiger partial charge in [0.05, 0.1) is 60.8 Å². The van der Waals surface area contributed by atoms with Crippen molar-refractivity contribution in [3.05, 3.63) is 75.6 Å². The molecule has 0 spiro atoms. The molecule has 1 N–H and O–H groups in total. The molecule has 0 unspecified atom stereocenters. The fourth-order valence-electron chi connectivity index (χ4n) is 5.12. The molecule has 2 aliphatic heterocycles. The summed E-state index contributed by atoms with van der Waals surface area (Å²) < 4.78 is 45.7. The number of nitriles is 1. The standard InChI is InChI=1S/C27H27F3N8O3/c28-27(29,30)12-20-21(15-34-35-26(20)40)38-16-19-2-1-6-32-25(19)22(38)17-41-11-5-24(39)37-9-7-36(8-10-37)23-4-3-18(13-31)14-33-23/h1-4,6,14-15,22H,5,7-12,16-17H2,(H,35,40)/t22-/m0/s1. The zero-order valence-electron chi connectivity index (χ0n) is 22.0. The highest BCUT2D eigenvalue weighted by Gasteiger charge is 2.37. The van der Waals surface area contributed by atoms with E-state index in [1.807, 2.05) is 12.1 Å². The van der Waals surface area contributed by atoms with E-state index < -0.39 is 29.8 Å². The molecule has 1 fully saturated rings. The van der Waals surface area contributed by atoms with E-state index in [9.17, 15) is 22.8 Å². The van der Waals surface area contributed by atoms with Gasteiger partial charge in [0.25, 0.3) is 5.56 Å². The van der Waals surface area contributed by atoms with Gasteiger partial charge in [0, 0.05) is 45.1 Å². The normalized spacial score (nSPS) is 16.9. The monoisotopic (exact) mass is 568 g/mol. The molecule has 1 atom stereocenters. The number of anilines is 2. The van der Waals surface area contributed by atoms with Crippen molar-refractivity contribution in [3.8, 4) is 6.07 Å². The summed E-state index contributed by atoms with van der Waals surface area (Å²) in [7, 11) is 0. The zero-order valence-corrected chi connectivity index (χ0v) is 22.0. The van der Waals surface area contributed by atoms with Gasteiger partial charge in [0.15, 0.2) is 0 Å². The van der Waals surface area contributed by atoms with E-state index >= 15 is 0 Å². The maximum atomic E-state index is 13.3. The van der Waals surface area contributed by atoms with Crippen molar-refractivity contribution >= 4 is 17.4 Å². The summed E-state index contributed by atoms with van der Waals surface area (Å²) in [6.45, 7) is 2.67. The molecule has 5 heterocycles. The summed E-state index contributed by atoms with van der Waals surface area (Å²) in [6.07, 6.45) is -1.49. The number of hydrogen-bond donors (Lipinski definition) is 1. The first-order valence-electron chi connectivity index (χ1n) is 13.0. The first-order chi connectivity index (χ1) is 19.7. The number of amides is 1. The third kappa shape index (κ3) is 6.46. The molecule has 0 saturated carbocycles. The number of carbonyl (C=O) groups excluding carboxylic acids is 1. The Morgan fingerprint density at radius 2 is 1.95 bits per heavy atom. The quantitative estimate of drug-likeness (QED) is 0.407. The van der Waals surface area contributed by atoms with Crippen molar-refractivity contribution in [3.63, 3.8) is 0 Å². The molecular weight excluding hydrogens is 541 g/mol. The molecule has 2 aliphatic rings. The third-order valence-electron chi connectivity index (χ3n) is 7.15. The van der Waals surface area contributed by atoms with Crippen molar-refractivity contribution in [1.29, 1.82) is 5.26 Å². The van der Waals surface area contributed by atoms with Gasteiger partial charge < -0.3 is 19.4 Å². The molecule has 0 radical (unpaired) electrons. The summed E-state index contributed by atoms with van der Waals surface area (Å²) in [6, 6.07) is 8.55. The number of halogens is 3. The van der Waals surface area contributed by atoms with Crippen molar-refractivity contribution in [1.82, 2.24) is 25.1 Å². The number of rotatable bonds is 8. The lowest BCUT2D eigenvalue weighted by atomic mass is 10.1. The number of nitrogens with one attached hydrogen (secondary N) is 1. The predicted molar refractivity (Wildman–Crippen MR) is 141 cm³/mol. The molecule has 0 bridgehead atoms. The number of aromatic nitrogens is 4. The van der Waals surface area contributed by atoms with E-state index in [1.165, 1.54) is 12.4 Å². The van der Waals surface area contributed by atoms with Gasteiger partial charge >= 0.3 is 6.18 Å². The lowest BCUT2D eigenvalue weighted by Crippen LogP contribution is -2.49. The summed E-state index contributed by atoms with van der Waals surface area (Å²) in [4.78, 5) is 39.3. The minimum absolute atomic E-state index is 0.0632. The van der Waals surface area contributed by atoms with Crippen molar-refractivity contribution in [2.45, 2.75) is 31.6 Å². The molecule has 11 nitrogen and oxygen atoms in total. The van der Waals surface area contributed by atoms with Crippen LogP contribution in [0.15, 0.2) is 47.7 Å². The smallest absolute Gasteiger partial charge is 0.378 e. The van der Waals surface area contributed by atoms with Crippen LogP contribution in [0.1, 0.15) is 34.8 Å². The maximum absolute atomic E-state index is 13.3. The molecule has 0 aromatic carbocycles. The molecule has 214 valence electrons. The Bertz CT molecular complexity index is 1480. The lowest BCUT2D eigenvalue weighted by Gasteiger charge is -2.35. The van der Waals surface area contributed by atoms with Gasteiger partial charge in [0.2, 0.25) is 5.91 Å². The number of piperazine rings is 1. The summed E-state index contributed by atoms with van der Waals surface area (Å²) in [5, 5.41) is 14.8. The highest BCUT2D eigenvalue weighted by Crippen LogP contribution is 2.38. The van der Waals surface area contributed by atoms with Crippen LogP contribution in [0, 0.1) is 11.3 Å². The van der Waals surface area contributed by atoms with Gasteiger partial charge in [-0.1, -0.05) is 6.07 Å². The Labute approximate surface area is 233 Å². The Hall–Kier alpha value is -4.51. The van der Waals surface area contributed by atoms with Crippen LogP contribution in [-0.2, 0) is 22.5 Å². The molecule has 3 aromatic rings. The van der Waals surface area contributed by atoms with Crippen LogP contribution in [-0.4, -0.2) is 76.5 Å². The number of pyridine rings is 2. The molecule has 1 saturated heterocycles. The summed E-state index contributed by atoms with van der Waals surface area (Å²) >= 11 is 0. The van der Waals surface area contributed by atoms with E-state index in [-0.39, 0.29) is 37.8 Å². The van der Waals surface area contributed by atoms with Crippen LogP contribution in [0.4, 0.5) is 24.7 Å². The first kappa shape index (κ1) is 28.0. The average molecular weight is 569 g/mol. The van der Waals surface area contributed by atoms with E-state index in [0.717, 1.165) is 11.4 Å². The van der Waals surface area contributed by atoms with E-state index in [2.05, 4.69) is 25.1 Å².